The van der Waals surface area contributed by atoms with Crippen LogP contribution in [0.2, 0.25) is 0 Å². The molecule has 3 aromatic rings. The van der Waals surface area contributed by atoms with Crippen LogP contribution in [0.25, 0.3) is 21.9 Å². The summed E-state index contributed by atoms with van der Waals surface area (Å²) in [4.78, 5) is 47.1. The van der Waals surface area contributed by atoms with Crippen LogP contribution in [-0.2, 0) is 4.79 Å². The van der Waals surface area contributed by atoms with Gasteiger partial charge in [-0.2, -0.15) is 0 Å². The topological polar surface area (TPSA) is 115 Å². The molecule has 0 aliphatic rings. The van der Waals surface area contributed by atoms with E-state index in [1.807, 2.05) is 0 Å². The Morgan fingerprint density at radius 2 is 1.78 bits per heavy atom. The number of hydrogen-bond acceptors (Lipinski definition) is 7. The molecule has 7 nitrogen and oxygen atoms in total. The van der Waals surface area contributed by atoms with Gasteiger partial charge < -0.3 is 13.9 Å². The van der Waals surface area contributed by atoms with Crippen molar-refractivity contribution < 1.29 is 23.5 Å². The zero-order valence-corrected chi connectivity index (χ0v) is 11.9. The van der Waals surface area contributed by atoms with E-state index in [2.05, 4.69) is 0 Å². The van der Waals surface area contributed by atoms with Gasteiger partial charge in [0.05, 0.1) is 11.8 Å². The zero-order chi connectivity index (χ0) is 16.7. The van der Waals surface area contributed by atoms with Gasteiger partial charge in [0, 0.05) is 0 Å². The number of carbonyl (C=O) groups excluding carboxylic acids is 2. The third-order valence-corrected chi connectivity index (χ3v) is 3.33. The van der Waals surface area contributed by atoms with Crippen molar-refractivity contribution in [2.75, 3.05) is 0 Å². The quantitative estimate of drug-likeness (QED) is 0.339. The van der Waals surface area contributed by atoms with Gasteiger partial charge in [0.1, 0.15) is 22.3 Å². The Hall–Kier alpha value is -3.22. The van der Waals surface area contributed by atoms with E-state index < -0.39 is 45.9 Å². The van der Waals surface area contributed by atoms with Crippen LogP contribution in [0, 0.1) is 0 Å². The SMILES string of the molecule is CC(=O)CC(=O)c1c(O)c2c(=O)oc3ccccc3c2oc1=O. The summed E-state index contributed by atoms with van der Waals surface area (Å²) in [6, 6.07) is 6.30. The first-order valence-electron chi connectivity index (χ1n) is 6.64. The molecule has 0 fully saturated rings. The van der Waals surface area contributed by atoms with Crippen LogP contribution in [0.4, 0.5) is 0 Å². The van der Waals surface area contributed by atoms with E-state index in [0.717, 1.165) is 0 Å². The third kappa shape index (κ3) is 2.32. The third-order valence-electron chi connectivity index (χ3n) is 3.33. The molecule has 116 valence electrons. The highest BCUT2D eigenvalue weighted by Crippen LogP contribution is 2.29. The normalized spacial score (nSPS) is 11.0. The van der Waals surface area contributed by atoms with Crippen molar-refractivity contribution in [2.45, 2.75) is 13.3 Å². The lowest BCUT2D eigenvalue weighted by atomic mass is 10.0. The first-order valence-corrected chi connectivity index (χ1v) is 6.64. The maximum Gasteiger partial charge on any atom is 0.351 e. The molecule has 0 saturated heterocycles. The maximum absolute atomic E-state index is 12.1. The van der Waals surface area contributed by atoms with Crippen LogP contribution in [0.5, 0.6) is 5.75 Å². The minimum Gasteiger partial charge on any atom is -0.506 e. The van der Waals surface area contributed by atoms with Crippen molar-refractivity contribution in [1.29, 1.82) is 0 Å². The van der Waals surface area contributed by atoms with Gasteiger partial charge in [-0.1, -0.05) is 12.1 Å². The lowest BCUT2D eigenvalue weighted by molar-refractivity contribution is -0.116. The van der Waals surface area contributed by atoms with E-state index in [0.29, 0.717) is 5.39 Å². The molecule has 0 bridgehead atoms. The number of aromatic hydroxyl groups is 1. The largest absolute Gasteiger partial charge is 0.506 e. The molecule has 1 aromatic carbocycles. The Labute approximate surface area is 127 Å². The van der Waals surface area contributed by atoms with Gasteiger partial charge in [-0.25, -0.2) is 9.59 Å². The number of hydrogen-bond donors (Lipinski definition) is 1. The molecule has 0 unspecified atom stereocenters. The Balaban J connectivity index is 2.45. The summed E-state index contributed by atoms with van der Waals surface area (Å²) < 4.78 is 10.1. The van der Waals surface area contributed by atoms with Crippen molar-refractivity contribution in [1.82, 2.24) is 0 Å². The predicted octanol–water partition coefficient (Wildman–Crippen LogP) is 1.77. The highest BCUT2D eigenvalue weighted by molar-refractivity contribution is 6.12. The van der Waals surface area contributed by atoms with Gasteiger partial charge in [-0.15, -0.1) is 0 Å². The predicted molar refractivity (Wildman–Crippen MR) is 79.8 cm³/mol. The molecular formula is C16H10O7. The van der Waals surface area contributed by atoms with E-state index in [1.54, 1.807) is 18.2 Å². The van der Waals surface area contributed by atoms with Crippen molar-refractivity contribution in [3.8, 4) is 5.75 Å². The first kappa shape index (κ1) is 14.7. The minimum atomic E-state index is -1.11. The molecule has 2 heterocycles. The summed E-state index contributed by atoms with van der Waals surface area (Å²) in [6.45, 7) is 1.17. The molecule has 3 rings (SSSR count). The fraction of sp³-hybridized carbons (Fsp3) is 0.125. The minimum absolute atomic E-state index is 0.168. The molecule has 1 N–H and O–H groups in total. The van der Waals surface area contributed by atoms with Crippen LogP contribution < -0.4 is 11.3 Å². The van der Waals surface area contributed by atoms with E-state index in [-0.39, 0.29) is 11.2 Å². The number of benzene rings is 1. The number of fused-ring (bicyclic) bond motifs is 3. The summed E-state index contributed by atoms with van der Waals surface area (Å²) in [5, 5.41) is 10.1. The smallest absolute Gasteiger partial charge is 0.351 e. The molecule has 0 radical (unpaired) electrons. The Kier molecular flexibility index (Phi) is 3.33. The molecule has 0 atom stereocenters. The molecule has 0 aliphatic heterocycles. The fourth-order valence-corrected chi connectivity index (χ4v) is 2.36. The van der Waals surface area contributed by atoms with Crippen molar-refractivity contribution in [3.05, 3.63) is 50.7 Å². The lowest BCUT2D eigenvalue weighted by Crippen LogP contribution is -2.18. The van der Waals surface area contributed by atoms with Gasteiger partial charge in [0.25, 0.3) is 0 Å². The van der Waals surface area contributed by atoms with Crippen LogP contribution in [0.1, 0.15) is 23.7 Å². The van der Waals surface area contributed by atoms with Gasteiger partial charge in [-0.3, -0.25) is 9.59 Å². The number of ketones is 2. The fourth-order valence-electron chi connectivity index (χ4n) is 2.36. The Bertz CT molecular complexity index is 1090. The Morgan fingerprint density at radius 3 is 2.48 bits per heavy atom. The number of para-hydroxylation sites is 1. The highest BCUT2D eigenvalue weighted by atomic mass is 16.4. The monoisotopic (exact) mass is 314 g/mol. The van der Waals surface area contributed by atoms with Crippen molar-refractivity contribution in [3.63, 3.8) is 0 Å². The van der Waals surface area contributed by atoms with Crippen LogP contribution >= 0.6 is 0 Å². The lowest BCUT2D eigenvalue weighted by Gasteiger charge is -2.06. The van der Waals surface area contributed by atoms with Gasteiger partial charge >= 0.3 is 11.3 Å². The zero-order valence-electron chi connectivity index (χ0n) is 11.9. The molecule has 2 aromatic heterocycles. The molecule has 23 heavy (non-hydrogen) atoms. The summed E-state index contributed by atoms with van der Waals surface area (Å²) in [7, 11) is 0. The second-order valence-electron chi connectivity index (χ2n) is 5.00. The molecule has 0 aliphatic carbocycles. The summed E-state index contributed by atoms with van der Waals surface area (Å²) in [6.07, 6.45) is -0.581. The van der Waals surface area contributed by atoms with E-state index in [1.165, 1.54) is 13.0 Å². The standard InChI is InChI=1S/C16H10O7/c1-7(17)6-9(18)11-13(19)12-14(23-15(11)20)8-4-2-3-5-10(8)22-16(12)21/h2-5,19H,6H2,1H3. The summed E-state index contributed by atoms with van der Waals surface area (Å²) in [5.41, 5.74) is -2.78. The first-order chi connectivity index (χ1) is 10.9. The van der Waals surface area contributed by atoms with Gasteiger partial charge in [0.15, 0.2) is 17.1 Å². The van der Waals surface area contributed by atoms with Crippen LogP contribution in [0.3, 0.4) is 0 Å². The maximum atomic E-state index is 12.1. The molecular weight excluding hydrogens is 304 g/mol. The molecule has 7 heteroatoms. The van der Waals surface area contributed by atoms with Crippen LogP contribution in [-0.4, -0.2) is 16.7 Å². The molecule has 0 spiro atoms. The Morgan fingerprint density at radius 1 is 1.09 bits per heavy atom. The van der Waals surface area contributed by atoms with E-state index in [9.17, 15) is 24.3 Å². The second kappa shape index (κ2) is 5.20. The number of Topliss-reactive ketones (excluding diaryl/α,β-unsaturated/α-hetero) is 2. The summed E-state index contributed by atoms with van der Waals surface area (Å²) >= 11 is 0. The van der Waals surface area contributed by atoms with Crippen LogP contribution in [0.15, 0.2) is 42.7 Å². The molecule has 0 amide bonds. The molecule has 0 saturated carbocycles. The average Bonchev–Trinajstić information content (AvgIpc) is 2.45. The second-order valence-corrected chi connectivity index (χ2v) is 5.00. The van der Waals surface area contributed by atoms with Gasteiger partial charge in [0.2, 0.25) is 0 Å². The van der Waals surface area contributed by atoms with E-state index in [4.69, 9.17) is 8.83 Å². The number of carbonyl (C=O) groups is 2. The highest BCUT2D eigenvalue weighted by Gasteiger charge is 2.25. The van der Waals surface area contributed by atoms with Gasteiger partial charge in [-0.05, 0) is 19.1 Å². The van der Waals surface area contributed by atoms with Crippen molar-refractivity contribution in [2.24, 2.45) is 0 Å². The van der Waals surface area contributed by atoms with Crippen molar-refractivity contribution >= 4 is 33.5 Å². The van der Waals surface area contributed by atoms with E-state index >= 15 is 0 Å². The number of rotatable bonds is 3. The summed E-state index contributed by atoms with van der Waals surface area (Å²) in [5.74, 6) is -2.24. The average molecular weight is 314 g/mol.